The maximum Gasteiger partial charge on any atom is 0.142 e. The van der Waals surface area contributed by atoms with E-state index in [-0.39, 0.29) is 5.41 Å². The van der Waals surface area contributed by atoms with Crippen molar-refractivity contribution in [3.8, 4) is 0 Å². The lowest BCUT2D eigenvalue weighted by Gasteiger charge is -2.46. The van der Waals surface area contributed by atoms with E-state index in [2.05, 4.69) is 19.1 Å². The molecule has 0 N–H and O–H groups in total. The minimum absolute atomic E-state index is 0.0203. The number of fused-ring (bicyclic) bond motifs is 6. The molecular weight excluding hydrogens is 160 g/mol. The summed E-state index contributed by atoms with van der Waals surface area (Å²) in [6.45, 7) is 2.19. The highest BCUT2D eigenvalue weighted by Gasteiger charge is 2.53. The molecule has 2 fully saturated rings. The van der Waals surface area contributed by atoms with Crippen molar-refractivity contribution in [1.82, 2.24) is 0 Å². The van der Waals surface area contributed by atoms with Crippen molar-refractivity contribution in [2.24, 2.45) is 23.2 Å². The second-order valence-electron chi connectivity index (χ2n) is 5.17. The van der Waals surface area contributed by atoms with Crippen LogP contribution in [0.25, 0.3) is 0 Å². The molecule has 4 unspecified atom stereocenters. The summed E-state index contributed by atoms with van der Waals surface area (Å²) in [7, 11) is 0. The van der Waals surface area contributed by atoms with Gasteiger partial charge in [0.2, 0.25) is 0 Å². The Kier molecular flexibility index (Phi) is 1.35. The Morgan fingerprint density at radius 2 is 2.31 bits per heavy atom. The average Bonchev–Trinajstić information content (AvgIpc) is 2.55. The highest BCUT2D eigenvalue weighted by molar-refractivity contribution is 5.89. The molecule has 1 heteroatoms. The number of Topliss-reactive ketones (excluding diaryl/α,β-unsaturated/α-hetero) is 1. The van der Waals surface area contributed by atoms with Crippen LogP contribution >= 0.6 is 0 Å². The van der Waals surface area contributed by atoms with Gasteiger partial charge in [0, 0.05) is 11.3 Å². The topological polar surface area (TPSA) is 17.1 Å². The molecular formula is C12H16O. The van der Waals surface area contributed by atoms with Gasteiger partial charge in [0.05, 0.1) is 0 Å². The number of carbonyl (C=O) groups excluding carboxylic acids is 1. The summed E-state index contributed by atoms with van der Waals surface area (Å²) in [6, 6.07) is 0. The van der Waals surface area contributed by atoms with Crippen molar-refractivity contribution >= 4 is 5.78 Å². The van der Waals surface area contributed by atoms with Crippen LogP contribution in [0, 0.1) is 23.2 Å². The zero-order valence-corrected chi connectivity index (χ0v) is 8.12. The molecule has 0 heterocycles. The minimum atomic E-state index is 0.0203. The maximum absolute atomic E-state index is 12.2. The van der Waals surface area contributed by atoms with Gasteiger partial charge in [0.1, 0.15) is 5.78 Å². The first-order valence-electron chi connectivity index (χ1n) is 5.44. The normalized spacial score (nSPS) is 52.7. The molecule has 0 spiro atoms. The molecule has 13 heavy (non-hydrogen) atoms. The van der Waals surface area contributed by atoms with Gasteiger partial charge in [-0.1, -0.05) is 25.5 Å². The molecule has 3 rings (SSSR count). The van der Waals surface area contributed by atoms with Gasteiger partial charge in [0.25, 0.3) is 0 Å². The third-order valence-electron chi connectivity index (χ3n) is 4.56. The van der Waals surface area contributed by atoms with Crippen LogP contribution in [0.1, 0.15) is 32.6 Å². The van der Waals surface area contributed by atoms with Gasteiger partial charge in [-0.05, 0) is 31.1 Å². The zero-order chi connectivity index (χ0) is 9.05. The molecule has 0 aromatic rings. The van der Waals surface area contributed by atoms with Crippen LogP contribution in [0.3, 0.4) is 0 Å². The van der Waals surface area contributed by atoms with Gasteiger partial charge in [-0.25, -0.2) is 0 Å². The molecule has 4 atom stereocenters. The second-order valence-corrected chi connectivity index (χ2v) is 5.17. The lowest BCUT2D eigenvalue weighted by molar-refractivity contribution is -0.143. The first-order valence-corrected chi connectivity index (χ1v) is 5.44. The van der Waals surface area contributed by atoms with Crippen LogP contribution in [0.15, 0.2) is 12.2 Å². The highest BCUT2D eigenvalue weighted by atomic mass is 16.1. The van der Waals surface area contributed by atoms with Gasteiger partial charge in [-0.2, -0.15) is 0 Å². The Hall–Kier alpha value is -0.590. The molecule has 0 aliphatic heterocycles. The Bertz CT molecular complexity index is 291. The van der Waals surface area contributed by atoms with Crippen LogP contribution in [-0.4, -0.2) is 5.78 Å². The van der Waals surface area contributed by atoms with Crippen LogP contribution in [0.5, 0.6) is 0 Å². The van der Waals surface area contributed by atoms with Crippen molar-refractivity contribution in [2.45, 2.75) is 32.6 Å². The van der Waals surface area contributed by atoms with E-state index in [4.69, 9.17) is 0 Å². The van der Waals surface area contributed by atoms with E-state index >= 15 is 0 Å². The quantitative estimate of drug-likeness (QED) is 0.518. The van der Waals surface area contributed by atoms with Crippen molar-refractivity contribution < 1.29 is 4.79 Å². The van der Waals surface area contributed by atoms with Crippen LogP contribution < -0.4 is 0 Å². The summed E-state index contributed by atoms with van der Waals surface area (Å²) in [5.41, 5.74) is 0.0203. The van der Waals surface area contributed by atoms with E-state index in [0.29, 0.717) is 23.5 Å². The Balaban J connectivity index is 2.09. The van der Waals surface area contributed by atoms with E-state index < -0.39 is 0 Å². The second kappa shape index (κ2) is 2.26. The number of hydrogen-bond donors (Lipinski definition) is 0. The summed E-state index contributed by atoms with van der Waals surface area (Å²) in [4.78, 5) is 12.2. The Morgan fingerprint density at radius 1 is 1.46 bits per heavy atom. The molecule has 0 aromatic carbocycles. The summed E-state index contributed by atoms with van der Waals surface area (Å²) in [6.07, 6.45) is 9.42. The van der Waals surface area contributed by atoms with E-state index in [1.165, 1.54) is 12.8 Å². The molecule has 1 nitrogen and oxygen atoms in total. The summed E-state index contributed by atoms with van der Waals surface area (Å²) >= 11 is 0. The third-order valence-corrected chi connectivity index (χ3v) is 4.56. The molecule has 3 aliphatic carbocycles. The standard InChI is InChI=1S/C12H16O/c1-12-6-2-3-10(11(12)13)8-4-5-9(12)7-8/h4-5,8-10H,2-3,6-7H2,1H3. The Labute approximate surface area is 79.2 Å². The van der Waals surface area contributed by atoms with E-state index in [1.54, 1.807) is 0 Å². The van der Waals surface area contributed by atoms with Crippen molar-refractivity contribution in [1.29, 1.82) is 0 Å². The fourth-order valence-electron chi connectivity index (χ4n) is 3.64. The fourth-order valence-corrected chi connectivity index (χ4v) is 3.64. The van der Waals surface area contributed by atoms with E-state index in [1.807, 2.05) is 0 Å². The van der Waals surface area contributed by atoms with Crippen molar-refractivity contribution in [2.75, 3.05) is 0 Å². The predicted molar refractivity (Wildman–Crippen MR) is 51.2 cm³/mol. The molecule has 0 aromatic heterocycles. The van der Waals surface area contributed by atoms with Gasteiger partial charge in [-0.3, -0.25) is 4.79 Å². The smallest absolute Gasteiger partial charge is 0.142 e. The average molecular weight is 176 g/mol. The van der Waals surface area contributed by atoms with Gasteiger partial charge < -0.3 is 0 Å². The van der Waals surface area contributed by atoms with E-state index in [9.17, 15) is 4.79 Å². The van der Waals surface area contributed by atoms with E-state index in [0.717, 1.165) is 12.8 Å². The summed E-state index contributed by atoms with van der Waals surface area (Å²) in [5.74, 6) is 2.13. The SMILES string of the molecule is CC12CCCC(C1=O)C1C=CC2C1. The van der Waals surface area contributed by atoms with Crippen LogP contribution in [0.4, 0.5) is 0 Å². The molecule has 70 valence electrons. The molecule has 4 bridgehead atoms. The monoisotopic (exact) mass is 176 g/mol. The number of carbonyl (C=O) groups is 1. The van der Waals surface area contributed by atoms with Crippen LogP contribution in [0.2, 0.25) is 0 Å². The van der Waals surface area contributed by atoms with Crippen LogP contribution in [-0.2, 0) is 4.79 Å². The maximum atomic E-state index is 12.2. The predicted octanol–water partition coefficient (Wildman–Crippen LogP) is 2.57. The first-order chi connectivity index (χ1) is 6.22. The number of hydrogen-bond acceptors (Lipinski definition) is 1. The third kappa shape index (κ3) is 0.806. The summed E-state index contributed by atoms with van der Waals surface area (Å²) < 4.78 is 0. The lowest BCUT2D eigenvalue weighted by Crippen LogP contribution is -2.47. The minimum Gasteiger partial charge on any atom is -0.299 e. The van der Waals surface area contributed by atoms with Gasteiger partial charge >= 0.3 is 0 Å². The number of ketones is 1. The molecule has 0 radical (unpaired) electrons. The zero-order valence-electron chi connectivity index (χ0n) is 8.12. The molecule has 0 amide bonds. The largest absolute Gasteiger partial charge is 0.299 e. The van der Waals surface area contributed by atoms with Gasteiger partial charge in [0.15, 0.2) is 0 Å². The summed E-state index contributed by atoms with van der Waals surface area (Å²) in [5, 5.41) is 0. The highest BCUT2D eigenvalue weighted by Crippen LogP contribution is 2.55. The number of allylic oxidation sites excluding steroid dienone is 2. The lowest BCUT2D eigenvalue weighted by atomic mass is 9.56. The van der Waals surface area contributed by atoms with Crippen molar-refractivity contribution in [3.05, 3.63) is 12.2 Å². The van der Waals surface area contributed by atoms with Gasteiger partial charge in [-0.15, -0.1) is 0 Å². The van der Waals surface area contributed by atoms with Crippen molar-refractivity contribution in [3.63, 3.8) is 0 Å². The number of rotatable bonds is 0. The fraction of sp³-hybridized carbons (Fsp3) is 0.750. The first kappa shape index (κ1) is 7.78. The molecule has 2 saturated carbocycles. The Morgan fingerprint density at radius 3 is 3.15 bits per heavy atom. The molecule has 3 aliphatic rings. The molecule has 0 saturated heterocycles.